The van der Waals surface area contributed by atoms with E-state index in [1.165, 1.54) is 37.2 Å². The predicted octanol–water partition coefficient (Wildman–Crippen LogP) is 3.15. The van der Waals surface area contributed by atoms with Gasteiger partial charge in [0.2, 0.25) is 0 Å². The molecule has 0 fully saturated rings. The fraction of sp³-hybridized carbons (Fsp3) is 0.440. The first-order valence-corrected chi connectivity index (χ1v) is 12.3. The van der Waals surface area contributed by atoms with E-state index in [9.17, 15) is 19.5 Å². The van der Waals surface area contributed by atoms with Crippen LogP contribution in [0.3, 0.4) is 0 Å². The lowest BCUT2D eigenvalue weighted by molar-refractivity contribution is 0.0545. The minimum Gasteiger partial charge on any atom is -0.496 e. The molecule has 0 aliphatic rings. The van der Waals surface area contributed by atoms with Gasteiger partial charge in [0, 0.05) is 12.6 Å². The molecule has 1 amide bonds. The summed E-state index contributed by atoms with van der Waals surface area (Å²) in [4.78, 5) is 46.1. The number of oxime groups is 1. The quantitative estimate of drug-likeness (QED) is 0.366. The fourth-order valence-corrected chi connectivity index (χ4v) is 5.14. The van der Waals surface area contributed by atoms with Crippen LogP contribution in [0.2, 0.25) is 0 Å². The minimum atomic E-state index is -1.16. The highest BCUT2D eigenvalue weighted by atomic mass is 32.1. The van der Waals surface area contributed by atoms with E-state index in [-0.39, 0.29) is 11.9 Å². The van der Waals surface area contributed by atoms with Gasteiger partial charge in [-0.1, -0.05) is 23.4 Å². The summed E-state index contributed by atoms with van der Waals surface area (Å²) in [6.45, 7) is 8.28. The molecule has 0 aliphatic heterocycles. The van der Waals surface area contributed by atoms with Crippen LogP contribution in [-0.2, 0) is 16.1 Å². The Morgan fingerprint density at radius 1 is 1.22 bits per heavy atom. The van der Waals surface area contributed by atoms with Gasteiger partial charge in [0.1, 0.15) is 29.4 Å². The van der Waals surface area contributed by atoms with Gasteiger partial charge >= 0.3 is 11.8 Å². The molecule has 11 nitrogen and oxygen atoms in total. The number of thiophene rings is 1. The summed E-state index contributed by atoms with van der Waals surface area (Å²) < 4.78 is 12.7. The normalized spacial score (nSPS) is 12.9. The second kappa shape index (κ2) is 10.8. The summed E-state index contributed by atoms with van der Waals surface area (Å²) in [6, 6.07) is 6.90. The monoisotopic (exact) mass is 532 g/mol. The van der Waals surface area contributed by atoms with Crippen molar-refractivity contribution in [3.63, 3.8) is 0 Å². The smallest absolute Gasteiger partial charge is 0.429 e. The van der Waals surface area contributed by atoms with Gasteiger partial charge in [-0.25, -0.2) is 14.6 Å². The van der Waals surface area contributed by atoms with Gasteiger partial charge in [-0.15, -0.1) is 11.3 Å². The summed E-state index contributed by atoms with van der Waals surface area (Å²) in [6.07, 6.45) is -2.04. The number of fused-ring (bicyclic) bond motifs is 1. The molecule has 1 aromatic carbocycles. The summed E-state index contributed by atoms with van der Waals surface area (Å²) in [5.41, 5.74) is -0.811. The van der Waals surface area contributed by atoms with Crippen molar-refractivity contribution >= 4 is 33.4 Å². The molecule has 0 saturated heterocycles. The zero-order valence-corrected chi connectivity index (χ0v) is 23.0. The second-order valence-electron chi connectivity index (χ2n) is 9.37. The van der Waals surface area contributed by atoms with Crippen molar-refractivity contribution in [2.75, 3.05) is 26.3 Å². The number of aliphatic hydroxyl groups is 1. The van der Waals surface area contributed by atoms with Crippen LogP contribution in [0.5, 0.6) is 5.75 Å². The van der Waals surface area contributed by atoms with Gasteiger partial charge in [0.25, 0.3) is 5.56 Å². The van der Waals surface area contributed by atoms with Crippen molar-refractivity contribution < 1.29 is 24.2 Å². The van der Waals surface area contributed by atoms with E-state index in [0.717, 1.165) is 9.69 Å². The van der Waals surface area contributed by atoms with E-state index >= 15 is 0 Å². The van der Waals surface area contributed by atoms with Crippen LogP contribution in [-0.4, -0.2) is 53.0 Å². The number of benzene rings is 1. The predicted molar refractivity (Wildman–Crippen MR) is 143 cm³/mol. The number of ether oxygens (including phenoxy) is 2. The van der Waals surface area contributed by atoms with Gasteiger partial charge in [0.05, 0.1) is 29.6 Å². The number of hydrogen-bond acceptors (Lipinski definition) is 9. The Balaban J connectivity index is 2.31. The molecule has 1 N–H and O–H groups in total. The standard InChI is InChI=1S/C25H32N4O7S/c1-14-19-21(31)29(27(6)24(33)36-25(3,4)5)23(32)28(22(19)37-20(14)15(2)26-35-8)13-17(30)16-11-9-10-12-18(16)34-7/h9-12,17,30H,13H2,1-8H3. The highest BCUT2D eigenvalue weighted by molar-refractivity contribution is 7.20. The molecule has 37 heavy (non-hydrogen) atoms. The zero-order valence-electron chi connectivity index (χ0n) is 22.2. The van der Waals surface area contributed by atoms with E-state index in [4.69, 9.17) is 14.3 Å². The molecule has 0 radical (unpaired) electrons. The third-order valence-corrected chi connectivity index (χ3v) is 6.98. The van der Waals surface area contributed by atoms with E-state index in [2.05, 4.69) is 5.16 Å². The topological polar surface area (TPSA) is 125 Å². The summed E-state index contributed by atoms with van der Waals surface area (Å²) in [5, 5.41) is 16.2. The van der Waals surface area contributed by atoms with Crippen molar-refractivity contribution in [2.24, 2.45) is 5.16 Å². The lowest BCUT2D eigenvalue weighted by Crippen LogP contribution is -2.54. The highest BCUT2D eigenvalue weighted by Crippen LogP contribution is 2.31. The molecular weight excluding hydrogens is 500 g/mol. The van der Waals surface area contributed by atoms with Gasteiger partial charge in [-0.3, -0.25) is 9.36 Å². The number of nitrogens with zero attached hydrogens (tertiary/aromatic N) is 4. The van der Waals surface area contributed by atoms with Crippen molar-refractivity contribution in [3.05, 3.63) is 61.1 Å². The van der Waals surface area contributed by atoms with Gasteiger partial charge in [0.15, 0.2) is 0 Å². The van der Waals surface area contributed by atoms with E-state index < -0.39 is 29.0 Å². The average Bonchev–Trinajstić information content (AvgIpc) is 3.17. The lowest BCUT2D eigenvalue weighted by Gasteiger charge is -2.26. The van der Waals surface area contributed by atoms with Crippen molar-refractivity contribution in [1.82, 2.24) is 9.24 Å². The van der Waals surface area contributed by atoms with Crippen LogP contribution in [0.25, 0.3) is 10.2 Å². The highest BCUT2D eigenvalue weighted by Gasteiger charge is 2.28. The Kier molecular flexibility index (Phi) is 8.13. The number of carbonyl (C=O) groups is 1. The Hall–Kier alpha value is -3.64. The molecule has 3 aromatic rings. The van der Waals surface area contributed by atoms with Crippen LogP contribution in [0, 0.1) is 6.92 Å². The second-order valence-corrected chi connectivity index (χ2v) is 10.4. The largest absolute Gasteiger partial charge is 0.496 e. The number of aromatic nitrogens is 2. The minimum absolute atomic E-state index is 0.210. The Bertz CT molecular complexity index is 1460. The maximum Gasteiger partial charge on any atom is 0.429 e. The molecule has 2 aromatic heterocycles. The fourth-order valence-electron chi connectivity index (χ4n) is 3.91. The van der Waals surface area contributed by atoms with Crippen LogP contribution < -0.4 is 21.0 Å². The SMILES string of the molecule is CON=C(C)c1sc2c(c1C)c(=O)n(N(C)C(=O)OC(C)(C)C)c(=O)n2CC(O)c1ccccc1OC. The summed E-state index contributed by atoms with van der Waals surface area (Å²) in [5.74, 6) is 0.449. The molecule has 0 bridgehead atoms. The Labute approximate surface area is 218 Å². The molecule has 12 heteroatoms. The van der Waals surface area contributed by atoms with Gasteiger partial charge < -0.3 is 19.4 Å². The number of carbonyl (C=O) groups excluding carboxylic acids is 1. The summed E-state index contributed by atoms with van der Waals surface area (Å²) >= 11 is 1.17. The van der Waals surface area contributed by atoms with Gasteiger partial charge in [-0.05, 0) is 46.2 Å². The van der Waals surface area contributed by atoms with Crippen LogP contribution in [0.1, 0.15) is 49.8 Å². The Morgan fingerprint density at radius 2 is 1.86 bits per heavy atom. The zero-order chi connectivity index (χ0) is 27.7. The van der Waals surface area contributed by atoms with Crippen molar-refractivity contribution in [3.8, 4) is 5.75 Å². The molecule has 0 aliphatic carbocycles. The molecule has 1 unspecified atom stereocenters. The van der Waals surface area contributed by atoms with Crippen molar-refractivity contribution in [1.29, 1.82) is 0 Å². The molecule has 2 heterocycles. The Morgan fingerprint density at radius 3 is 2.46 bits per heavy atom. The number of amides is 1. The summed E-state index contributed by atoms with van der Waals surface area (Å²) in [7, 11) is 4.18. The maximum atomic E-state index is 13.7. The molecule has 0 saturated carbocycles. The average molecular weight is 533 g/mol. The molecule has 1 atom stereocenters. The molecule has 0 spiro atoms. The van der Waals surface area contributed by atoms with Gasteiger partial charge in [-0.2, -0.15) is 4.68 Å². The first kappa shape index (κ1) is 27.9. The third-order valence-electron chi connectivity index (χ3n) is 5.56. The first-order chi connectivity index (χ1) is 17.3. The number of aliphatic hydroxyl groups excluding tert-OH is 1. The van der Waals surface area contributed by atoms with E-state index in [0.29, 0.717) is 32.3 Å². The van der Waals surface area contributed by atoms with Crippen LogP contribution >= 0.6 is 11.3 Å². The van der Waals surface area contributed by atoms with Crippen molar-refractivity contribution in [2.45, 2.75) is 52.9 Å². The molecular formula is C25H32N4O7S. The molecule has 3 rings (SSSR count). The van der Waals surface area contributed by atoms with E-state index in [1.807, 2.05) is 0 Å². The van der Waals surface area contributed by atoms with Crippen LogP contribution in [0.15, 0.2) is 39.0 Å². The number of para-hydroxylation sites is 1. The number of rotatable bonds is 7. The molecule has 200 valence electrons. The number of hydrogen-bond donors (Lipinski definition) is 1. The first-order valence-electron chi connectivity index (χ1n) is 11.5. The third kappa shape index (κ3) is 5.54. The van der Waals surface area contributed by atoms with Crippen LogP contribution in [0.4, 0.5) is 4.79 Å². The van der Waals surface area contributed by atoms with E-state index in [1.54, 1.807) is 58.9 Å². The number of methoxy groups -OCH3 is 1. The number of aryl methyl sites for hydroxylation is 1. The maximum absolute atomic E-state index is 13.7. The lowest BCUT2D eigenvalue weighted by atomic mass is 10.1.